The maximum absolute atomic E-state index is 11.9. The smallest absolute Gasteiger partial charge is 0.313 e. The van der Waals surface area contributed by atoms with E-state index in [-0.39, 0.29) is 24.7 Å². The van der Waals surface area contributed by atoms with Crippen LogP contribution >= 0.6 is 0 Å². The van der Waals surface area contributed by atoms with Gasteiger partial charge in [0, 0.05) is 12.5 Å². The van der Waals surface area contributed by atoms with Gasteiger partial charge in [-0.15, -0.1) is 5.10 Å². The number of methoxy groups -OCH3 is 1. The Labute approximate surface area is 127 Å². The van der Waals surface area contributed by atoms with Crippen LogP contribution in [0.3, 0.4) is 0 Å². The predicted molar refractivity (Wildman–Crippen MR) is 78.7 cm³/mol. The number of anilines is 1. The van der Waals surface area contributed by atoms with E-state index < -0.39 is 12.0 Å². The van der Waals surface area contributed by atoms with Crippen molar-refractivity contribution in [2.24, 2.45) is 5.73 Å². The number of H-pyrrole nitrogens is 1. The highest BCUT2D eigenvalue weighted by molar-refractivity contribution is 5.89. The molecule has 0 bridgehead atoms. The molecule has 1 atom stereocenters. The van der Waals surface area contributed by atoms with Crippen LogP contribution in [0, 0.1) is 0 Å². The average Bonchev–Trinajstić information content (AvgIpc) is 2.94. The zero-order valence-corrected chi connectivity index (χ0v) is 12.1. The van der Waals surface area contributed by atoms with Gasteiger partial charge in [-0.25, -0.2) is 0 Å². The zero-order valence-electron chi connectivity index (χ0n) is 12.1. The fraction of sp³-hybridized carbons (Fsp3) is 0.286. The van der Waals surface area contributed by atoms with Gasteiger partial charge in [0.15, 0.2) is 0 Å². The molecule has 0 aliphatic carbocycles. The third-order valence-corrected chi connectivity index (χ3v) is 2.96. The Balaban J connectivity index is 1.88. The molecule has 1 aromatic carbocycles. The Hall–Kier alpha value is -2.74. The number of benzene rings is 1. The lowest BCUT2D eigenvalue weighted by Crippen LogP contribution is -2.21. The van der Waals surface area contributed by atoms with Crippen molar-refractivity contribution in [2.45, 2.75) is 18.9 Å². The SMILES string of the molecule is COC(=O)Cc1nc(NC(=O)CC(N)c2ccccc2)n[nH]1. The number of hydrogen-bond acceptors (Lipinski definition) is 6. The summed E-state index contributed by atoms with van der Waals surface area (Å²) in [5, 5.41) is 8.89. The van der Waals surface area contributed by atoms with Gasteiger partial charge >= 0.3 is 5.97 Å². The number of ether oxygens (including phenoxy) is 1. The molecule has 2 aromatic rings. The number of amides is 1. The largest absolute Gasteiger partial charge is 0.469 e. The molecule has 0 radical (unpaired) electrons. The molecule has 0 fully saturated rings. The summed E-state index contributed by atoms with van der Waals surface area (Å²) in [6.07, 6.45) is 0.0633. The van der Waals surface area contributed by atoms with Crippen LogP contribution < -0.4 is 11.1 Å². The molecule has 8 heteroatoms. The minimum Gasteiger partial charge on any atom is -0.469 e. The number of nitrogens with one attached hydrogen (secondary N) is 2. The Kier molecular flexibility index (Phi) is 5.21. The van der Waals surface area contributed by atoms with E-state index in [1.54, 1.807) is 0 Å². The highest BCUT2D eigenvalue weighted by Crippen LogP contribution is 2.14. The summed E-state index contributed by atoms with van der Waals surface area (Å²) < 4.78 is 4.52. The number of nitrogens with zero attached hydrogens (tertiary/aromatic N) is 2. The van der Waals surface area contributed by atoms with Crippen LogP contribution in [0.5, 0.6) is 0 Å². The molecule has 1 aromatic heterocycles. The van der Waals surface area contributed by atoms with E-state index in [0.717, 1.165) is 5.56 Å². The lowest BCUT2D eigenvalue weighted by atomic mass is 10.0. The number of hydrogen-bond donors (Lipinski definition) is 3. The molecule has 1 amide bonds. The van der Waals surface area contributed by atoms with Crippen LogP contribution in [0.2, 0.25) is 0 Å². The molecular weight excluding hydrogens is 286 g/mol. The van der Waals surface area contributed by atoms with Crippen LogP contribution in [0.15, 0.2) is 30.3 Å². The first-order chi connectivity index (χ1) is 10.6. The average molecular weight is 303 g/mol. The fourth-order valence-electron chi connectivity index (χ4n) is 1.83. The van der Waals surface area contributed by atoms with Crippen molar-refractivity contribution >= 4 is 17.8 Å². The third-order valence-electron chi connectivity index (χ3n) is 2.96. The van der Waals surface area contributed by atoms with Gasteiger partial charge in [0.2, 0.25) is 11.9 Å². The van der Waals surface area contributed by atoms with Crippen molar-refractivity contribution in [3.63, 3.8) is 0 Å². The molecule has 0 spiro atoms. The molecule has 116 valence electrons. The minimum absolute atomic E-state index is 0.0388. The first kappa shape index (κ1) is 15.6. The molecular formula is C14H17N5O3. The molecule has 4 N–H and O–H groups in total. The normalized spacial score (nSPS) is 11.7. The number of carbonyl (C=O) groups is 2. The van der Waals surface area contributed by atoms with E-state index in [0.29, 0.717) is 5.82 Å². The molecule has 0 saturated carbocycles. The van der Waals surface area contributed by atoms with Gasteiger partial charge in [0.25, 0.3) is 0 Å². The van der Waals surface area contributed by atoms with Crippen molar-refractivity contribution in [3.05, 3.63) is 41.7 Å². The molecule has 8 nitrogen and oxygen atoms in total. The maximum atomic E-state index is 11.9. The second-order valence-electron chi connectivity index (χ2n) is 4.63. The monoisotopic (exact) mass is 303 g/mol. The molecule has 1 heterocycles. The van der Waals surface area contributed by atoms with Crippen LogP contribution in [-0.4, -0.2) is 34.2 Å². The number of esters is 1. The minimum atomic E-state index is -0.444. The zero-order chi connectivity index (χ0) is 15.9. The van der Waals surface area contributed by atoms with Gasteiger partial charge in [-0.2, -0.15) is 4.98 Å². The number of rotatable bonds is 6. The quantitative estimate of drug-likeness (QED) is 0.670. The van der Waals surface area contributed by atoms with E-state index in [1.165, 1.54) is 7.11 Å². The van der Waals surface area contributed by atoms with Gasteiger partial charge < -0.3 is 10.5 Å². The van der Waals surface area contributed by atoms with Crippen molar-refractivity contribution in [1.82, 2.24) is 15.2 Å². The van der Waals surface area contributed by atoms with E-state index in [1.807, 2.05) is 30.3 Å². The van der Waals surface area contributed by atoms with Gasteiger partial charge in [-0.3, -0.25) is 20.0 Å². The third kappa shape index (κ3) is 4.38. The fourth-order valence-corrected chi connectivity index (χ4v) is 1.83. The summed E-state index contributed by atoms with van der Waals surface area (Å²) in [5.41, 5.74) is 6.84. The Morgan fingerprint density at radius 1 is 1.36 bits per heavy atom. The first-order valence-corrected chi connectivity index (χ1v) is 6.67. The summed E-state index contributed by atoms with van der Waals surface area (Å²) in [4.78, 5) is 27.0. The van der Waals surface area contributed by atoms with Crippen LogP contribution in [0.25, 0.3) is 0 Å². The highest BCUT2D eigenvalue weighted by Gasteiger charge is 2.14. The molecule has 1 unspecified atom stereocenters. The second-order valence-corrected chi connectivity index (χ2v) is 4.63. The topological polar surface area (TPSA) is 123 Å². The summed E-state index contributed by atoms with van der Waals surface area (Å²) >= 11 is 0. The summed E-state index contributed by atoms with van der Waals surface area (Å²) in [7, 11) is 1.28. The molecule has 2 rings (SSSR count). The predicted octanol–water partition coefficient (Wildman–Crippen LogP) is 0.549. The Morgan fingerprint density at radius 3 is 2.77 bits per heavy atom. The van der Waals surface area contributed by atoms with E-state index in [2.05, 4.69) is 25.2 Å². The Bertz CT molecular complexity index is 641. The maximum Gasteiger partial charge on any atom is 0.313 e. The summed E-state index contributed by atoms with van der Waals surface area (Å²) in [6, 6.07) is 8.92. The van der Waals surface area contributed by atoms with Crippen molar-refractivity contribution < 1.29 is 14.3 Å². The van der Waals surface area contributed by atoms with Crippen molar-refractivity contribution in [2.75, 3.05) is 12.4 Å². The lowest BCUT2D eigenvalue weighted by molar-refractivity contribution is -0.139. The van der Waals surface area contributed by atoms with Crippen LogP contribution in [0.4, 0.5) is 5.95 Å². The highest BCUT2D eigenvalue weighted by atomic mass is 16.5. The summed E-state index contributed by atoms with van der Waals surface area (Å²) in [5.74, 6) is -0.334. The number of aromatic amines is 1. The number of aromatic nitrogens is 3. The van der Waals surface area contributed by atoms with Gasteiger partial charge in [0.1, 0.15) is 12.2 Å². The first-order valence-electron chi connectivity index (χ1n) is 6.67. The summed E-state index contributed by atoms with van der Waals surface area (Å²) in [6.45, 7) is 0. The van der Waals surface area contributed by atoms with Crippen LogP contribution in [-0.2, 0) is 20.7 Å². The molecule has 0 saturated heterocycles. The molecule has 22 heavy (non-hydrogen) atoms. The Morgan fingerprint density at radius 2 is 2.09 bits per heavy atom. The van der Waals surface area contributed by atoms with Crippen molar-refractivity contribution in [3.8, 4) is 0 Å². The van der Waals surface area contributed by atoms with Gasteiger partial charge in [-0.05, 0) is 5.56 Å². The molecule has 0 aliphatic rings. The second kappa shape index (κ2) is 7.32. The van der Waals surface area contributed by atoms with Gasteiger partial charge in [-0.1, -0.05) is 30.3 Å². The molecule has 0 aliphatic heterocycles. The van der Waals surface area contributed by atoms with E-state index in [9.17, 15) is 9.59 Å². The standard InChI is InChI=1S/C14H17N5O3/c1-22-13(21)8-11-16-14(19-18-11)17-12(20)7-10(15)9-5-3-2-4-6-9/h2-6,10H,7-8,15H2,1H3,(H2,16,17,18,19,20). The van der Waals surface area contributed by atoms with E-state index >= 15 is 0 Å². The van der Waals surface area contributed by atoms with Gasteiger partial charge in [0.05, 0.1) is 7.11 Å². The van der Waals surface area contributed by atoms with E-state index in [4.69, 9.17) is 5.73 Å². The number of nitrogens with two attached hydrogens (primary N) is 1. The lowest BCUT2D eigenvalue weighted by Gasteiger charge is -2.10. The van der Waals surface area contributed by atoms with Crippen LogP contribution in [0.1, 0.15) is 23.9 Å². The van der Waals surface area contributed by atoms with Crippen molar-refractivity contribution in [1.29, 1.82) is 0 Å². The number of carbonyl (C=O) groups excluding carboxylic acids is 2.